The number of ether oxygens (including phenoxy) is 5. The minimum atomic E-state index is -0.328. The number of anilines is 1. The molecule has 3 N–H and O–H groups in total. The summed E-state index contributed by atoms with van der Waals surface area (Å²) in [5.74, 6) is 1.51. The van der Waals surface area contributed by atoms with E-state index >= 15 is 0 Å². The van der Waals surface area contributed by atoms with E-state index in [1.807, 2.05) is 6.08 Å². The molecule has 0 amide bonds. The second-order valence-corrected chi connectivity index (χ2v) is 7.63. The number of ketones is 1. The Bertz CT molecular complexity index is 1300. The molecular formula is C28H29NO8. The predicted octanol–water partition coefficient (Wildman–Crippen LogP) is 5.12. The van der Waals surface area contributed by atoms with Crippen molar-refractivity contribution < 1.29 is 38.7 Å². The average molecular weight is 508 g/mol. The van der Waals surface area contributed by atoms with Crippen LogP contribution in [0.2, 0.25) is 0 Å². The second kappa shape index (κ2) is 12.3. The van der Waals surface area contributed by atoms with Crippen molar-refractivity contribution in [1.82, 2.24) is 0 Å². The largest absolute Gasteiger partial charge is 0.504 e. The van der Waals surface area contributed by atoms with E-state index in [-0.39, 0.29) is 28.8 Å². The molecule has 0 bridgehead atoms. The Balaban J connectivity index is 1.89. The molecule has 3 aromatic carbocycles. The fourth-order valence-electron chi connectivity index (χ4n) is 3.54. The van der Waals surface area contributed by atoms with Gasteiger partial charge in [0.15, 0.2) is 40.3 Å². The van der Waals surface area contributed by atoms with Crippen LogP contribution in [0.25, 0.3) is 12.2 Å². The summed E-state index contributed by atoms with van der Waals surface area (Å²) in [5.41, 5.74) is 2.24. The minimum Gasteiger partial charge on any atom is -0.504 e. The lowest BCUT2D eigenvalue weighted by Gasteiger charge is -2.13. The Labute approximate surface area is 215 Å². The first-order chi connectivity index (χ1) is 17.8. The summed E-state index contributed by atoms with van der Waals surface area (Å²) in [6.45, 7) is 0. The van der Waals surface area contributed by atoms with Crippen LogP contribution in [0.4, 0.5) is 5.69 Å². The molecule has 0 unspecified atom stereocenters. The highest BCUT2D eigenvalue weighted by atomic mass is 16.5. The van der Waals surface area contributed by atoms with Crippen LogP contribution < -0.4 is 29.0 Å². The van der Waals surface area contributed by atoms with Gasteiger partial charge >= 0.3 is 0 Å². The summed E-state index contributed by atoms with van der Waals surface area (Å²) in [6, 6.07) is 11.1. The molecule has 0 atom stereocenters. The third kappa shape index (κ3) is 6.26. The zero-order valence-corrected chi connectivity index (χ0v) is 21.2. The molecule has 0 fully saturated rings. The van der Waals surface area contributed by atoms with E-state index in [0.29, 0.717) is 34.1 Å². The van der Waals surface area contributed by atoms with Gasteiger partial charge in [-0.05, 0) is 42.0 Å². The Morgan fingerprint density at radius 2 is 1.35 bits per heavy atom. The Morgan fingerprint density at radius 3 is 1.92 bits per heavy atom. The third-order valence-electron chi connectivity index (χ3n) is 5.43. The molecule has 0 heterocycles. The Kier molecular flexibility index (Phi) is 8.88. The quantitative estimate of drug-likeness (QED) is 0.141. The number of methoxy groups -OCH3 is 5. The van der Waals surface area contributed by atoms with Crippen molar-refractivity contribution >= 4 is 23.6 Å². The van der Waals surface area contributed by atoms with Crippen molar-refractivity contribution in [2.24, 2.45) is 0 Å². The molecular weight excluding hydrogens is 478 g/mol. The van der Waals surface area contributed by atoms with Crippen LogP contribution in [0.3, 0.4) is 0 Å². The molecule has 9 nitrogen and oxygen atoms in total. The van der Waals surface area contributed by atoms with Crippen molar-refractivity contribution in [1.29, 1.82) is 0 Å². The summed E-state index contributed by atoms with van der Waals surface area (Å²) < 4.78 is 26.4. The molecule has 3 rings (SSSR count). The second-order valence-electron chi connectivity index (χ2n) is 7.63. The highest BCUT2D eigenvalue weighted by Crippen LogP contribution is 2.39. The fourth-order valence-corrected chi connectivity index (χ4v) is 3.54. The number of rotatable bonds is 11. The predicted molar refractivity (Wildman–Crippen MR) is 141 cm³/mol. The third-order valence-corrected chi connectivity index (χ3v) is 5.43. The molecule has 0 radical (unpaired) electrons. The SMILES string of the molecule is COc1ccc(C(=O)/C=C\Nc2cc(OC)c(O)cc2/C=C\c2cc(OC)c(OC)c(OC)c2)cc1O. The lowest BCUT2D eigenvalue weighted by atomic mass is 10.1. The van der Waals surface area contributed by atoms with Gasteiger partial charge in [-0.3, -0.25) is 4.79 Å². The van der Waals surface area contributed by atoms with Gasteiger partial charge in [-0.1, -0.05) is 12.2 Å². The molecule has 0 aliphatic rings. The van der Waals surface area contributed by atoms with Gasteiger partial charge in [0.05, 0.1) is 35.5 Å². The van der Waals surface area contributed by atoms with Crippen molar-refractivity contribution in [3.8, 4) is 40.2 Å². The van der Waals surface area contributed by atoms with Crippen LogP contribution in [0.5, 0.6) is 40.2 Å². The van der Waals surface area contributed by atoms with Gasteiger partial charge in [-0.2, -0.15) is 0 Å². The topological polar surface area (TPSA) is 116 Å². The first-order valence-electron chi connectivity index (χ1n) is 11.1. The number of carbonyl (C=O) groups is 1. The van der Waals surface area contributed by atoms with Gasteiger partial charge in [-0.15, -0.1) is 0 Å². The maximum absolute atomic E-state index is 12.5. The monoisotopic (exact) mass is 507 g/mol. The lowest BCUT2D eigenvalue weighted by molar-refractivity contribution is 0.104. The standard InChI is InChI=1S/C28H29NO8/c1-33-24-9-8-19(15-22(24)31)21(30)10-11-29-20-16-25(34-2)23(32)14-18(20)7-6-17-12-26(35-3)28(37-5)27(13-17)36-4/h6-16,29,31-32H,1-5H3/b7-6-,11-10-. The highest BCUT2D eigenvalue weighted by molar-refractivity contribution is 6.05. The lowest BCUT2D eigenvalue weighted by Crippen LogP contribution is -1.98. The van der Waals surface area contributed by atoms with Gasteiger partial charge in [0.2, 0.25) is 5.75 Å². The molecule has 37 heavy (non-hydrogen) atoms. The Hall–Kier alpha value is -4.79. The molecule has 0 aromatic heterocycles. The van der Waals surface area contributed by atoms with Crippen LogP contribution >= 0.6 is 0 Å². The number of hydrogen-bond donors (Lipinski definition) is 3. The smallest absolute Gasteiger partial charge is 0.203 e. The van der Waals surface area contributed by atoms with Crippen molar-refractivity contribution in [2.75, 3.05) is 40.9 Å². The number of carbonyl (C=O) groups excluding carboxylic acids is 1. The summed E-state index contributed by atoms with van der Waals surface area (Å²) in [5, 5.41) is 23.3. The number of aromatic hydroxyl groups is 2. The number of phenols is 2. The molecule has 194 valence electrons. The zero-order chi connectivity index (χ0) is 26.9. The van der Waals surface area contributed by atoms with Gasteiger partial charge in [0, 0.05) is 35.2 Å². The van der Waals surface area contributed by atoms with Crippen LogP contribution in [0.1, 0.15) is 21.5 Å². The molecule has 0 spiro atoms. The van der Waals surface area contributed by atoms with E-state index in [0.717, 1.165) is 5.56 Å². The van der Waals surface area contributed by atoms with Crippen LogP contribution in [-0.4, -0.2) is 51.5 Å². The first-order valence-corrected chi connectivity index (χ1v) is 11.1. The molecule has 0 saturated carbocycles. The van der Waals surface area contributed by atoms with E-state index in [1.54, 1.807) is 30.3 Å². The van der Waals surface area contributed by atoms with Crippen LogP contribution in [0.15, 0.2) is 54.7 Å². The summed E-state index contributed by atoms with van der Waals surface area (Å²) in [6.07, 6.45) is 6.38. The number of allylic oxidation sites excluding steroid dienone is 1. The van der Waals surface area contributed by atoms with Gasteiger partial charge in [0.1, 0.15) is 0 Å². The maximum atomic E-state index is 12.5. The maximum Gasteiger partial charge on any atom is 0.203 e. The molecule has 0 aliphatic carbocycles. The number of phenolic OH excluding ortho intramolecular Hbond substituents is 2. The van der Waals surface area contributed by atoms with Crippen LogP contribution in [-0.2, 0) is 0 Å². The van der Waals surface area contributed by atoms with Crippen LogP contribution in [0, 0.1) is 0 Å². The van der Waals surface area contributed by atoms with Crippen molar-refractivity contribution in [3.63, 3.8) is 0 Å². The summed E-state index contributed by atoms with van der Waals surface area (Å²) in [4.78, 5) is 12.5. The molecule has 3 aromatic rings. The summed E-state index contributed by atoms with van der Waals surface area (Å²) in [7, 11) is 7.48. The zero-order valence-electron chi connectivity index (χ0n) is 21.2. The molecule has 0 aliphatic heterocycles. The Morgan fingerprint density at radius 1 is 0.730 bits per heavy atom. The summed E-state index contributed by atoms with van der Waals surface area (Å²) >= 11 is 0. The minimum absolute atomic E-state index is 0.0497. The molecule has 0 saturated heterocycles. The number of benzene rings is 3. The van der Waals surface area contributed by atoms with E-state index in [2.05, 4.69) is 5.32 Å². The fraction of sp³-hybridized carbons (Fsp3) is 0.179. The van der Waals surface area contributed by atoms with E-state index in [9.17, 15) is 15.0 Å². The van der Waals surface area contributed by atoms with E-state index in [4.69, 9.17) is 23.7 Å². The molecule has 9 heteroatoms. The van der Waals surface area contributed by atoms with E-state index in [1.165, 1.54) is 66.0 Å². The first kappa shape index (κ1) is 26.8. The van der Waals surface area contributed by atoms with Crippen molar-refractivity contribution in [2.45, 2.75) is 0 Å². The van der Waals surface area contributed by atoms with Gasteiger partial charge < -0.3 is 39.2 Å². The average Bonchev–Trinajstić information content (AvgIpc) is 2.91. The van der Waals surface area contributed by atoms with E-state index < -0.39 is 0 Å². The van der Waals surface area contributed by atoms with Gasteiger partial charge in [-0.25, -0.2) is 0 Å². The van der Waals surface area contributed by atoms with Gasteiger partial charge in [0.25, 0.3) is 0 Å². The van der Waals surface area contributed by atoms with Crippen molar-refractivity contribution in [3.05, 3.63) is 71.4 Å². The number of nitrogens with one attached hydrogen (secondary N) is 1. The normalized spacial score (nSPS) is 10.9. The number of hydrogen-bond acceptors (Lipinski definition) is 9. The highest BCUT2D eigenvalue weighted by Gasteiger charge is 2.13.